The molecule has 1 aromatic carbocycles. The Balaban J connectivity index is 1.85. The van der Waals surface area contributed by atoms with Crippen LogP contribution in [0.4, 0.5) is 5.69 Å². The fourth-order valence-corrected chi connectivity index (χ4v) is 3.95. The Hall–Kier alpha value is -0.290. The van der Waals surface area contributed by atoms with E-state index < -0.39 is 0 Å². The van der Waals surface area contributed by atoms with Crippen LogP contribution >= 0.6 is 27.5 Å². The van der Waals surface area contributed by atoms with E-state index in [1.54, 1.807) is 0 Å². The van der Waals surface area contributed by atoms with Crippen LogP contribution in [0.2, 0.25) is 5.02 Å². The summed E-state index contributed by atoms with van der Waals surface area (Å²) in [7, 11) is 0. The van der Waals surface area contributed by atoms with Gasteiger partial charge in [0.1, 0.15) is 0 Å². The number of rotatable bonds is 3. The molecule has 2 aliphatic rings. The molecule has 5 heteroatoms. The summed E-state index contributed by atoms with van der Waals surface area (Å²) in [6.45, 7) is 3.04. The third-order valence-electron chi connectivity index (χ3n) is 4.52. The minimum Gasteiger partial charge on any atom is -0.377 e. The van der Waals surface area contributed by atoms with Gasteiger partial charge in [-0.25, -0.2) is 0 Å². The summed E-state index contributed by atoms with van der Waals surface area (Å²) in [6.07, 6.45) is 3.64. The lowest BCUT2D eigenvalue weighted by molar-refractivity contribution is 0.280. The van der Waals surface area contributed by atoms with Crippen LogP contribution in [0, 0.1) is 0 Å². The van der Waals surface area contributed by atoms with Crippen LogP contribution in [0.3, 0.4) is 0 Å². The van der Waals surface area contributed by atoms with Gasteiger partial charge in [-0.1, -0.05) is 11.6 Å². The van der Waals surface area contributed by atoms with Crippen molar-refractivity contribution in [3.8, 4) is 0 Å². The Bertz CT molecular complexity index is 482. The summed E-state index contributed by atoms with van der Waals surface area (Å²) >= 11 is 9.60. The van der Waals surface area contributed by atoms with Crippen molar-refractivity contribution in [2.75, 3.05) is 25.0 Å². The molecule has 0 amide bonds. The van der Waals surface area contributed by atoms with Crippen molar-refractivity contribution in [1.29, 1.82) is 0 Å². The van der Waals surface area contributed by atoms with E-state index in [9.17, 15) is 0 Å². The SMILES string of the molecule is NCC1(Nc2ccc(Br)c(Cl)c2)CCN2CCCC21. The van der Waals surface area contributed by atoms with Crippen molar-refractivity contribution in [3.05, 3.63) is 27.7 Å². The number of nitrogens with two attached hydrogens (primary N) is 1. The van der Waals surface area contributed by atoms with Gasteiger partial charge in [0.15, 0.2) is 0 Å². The first-order valence-electron chi connectivity index (χ1n) is 6.82. The van der Waals surface area contributed by atoms with E-state index >= 15 is 0 Å². The van der Waals surface area contributed by atoms with E-state index in [0.717, 1.165) is 28.1 Å². The molecule has 19 heavy (non-hydrogen) atoms. The Kier molecular flexibility index (Phi) is 3.78. The molecule has 104 valence electrons. The fraction of sp³-hybridized carbons (Fsp3) is 0.571. The van der Waals surface area contributed by atoms with Gasteiger partial charge in [0.2, 0.25) is 0 Å². The van der Waals surface area contributed by atoms with Crippen molar-refractivity contribution in [3.63, 3.8) is 0 Å². The summed E-state index contributed by atoms with van der Waals surface area (Å²) < 4.78 is 0.926. The molecule has 3 rings (SSSR count). The molecule has 3 N–H and O–H groups in total. The van der Waals surface area contributed by atoms with Gasteiger partial charge >= 0.3 is 0 Å². The maximum Gasteiger partial charge on any atom is 0.0662 e. The maximum atomic E-state index is 6.17. The molecule has 2 fully saturated rings. The second kappa shape index (κ2) is 5.24. The van der Waals surface area contributed by atoms with Crippen molar-refractivity contribution < 1.29 is 0 Å². The average Bonchev–Trinajstić information content (AvgIpc) is 2.98. The molecule has 0 spiro atoms. The zero-order valence-corrected chi connectivity index (χ0v) is 13.2. The molecule has 0 saturated carbocycles. The van der Waals surface area contributed by atoms with Crippen molar-refractivity contribution in [2.24, 2.45) is 5.73 Å². The van der Waals surface area contributed by atoms with Crippen molar-refractivity contribution in [2.45, 2.75) is 30.8 Å². The molecule has 1 aromatic rings. The standard InChI is InChI=1S/C14H19BrClN3/c15-11-4-3-10(8-12(11)16)18-14(9-17)5-7-19-6-1-2-13(14)19/h3-4,8,13,18H,1-2,5-7,9,17H2. The summed E-state index contributed by atoms with van der Waals surface area (Å²) in [5.74, 6) is 0. The van der Waals surface area contributed by atoms with Gasteiger partial charge in [0.05, 0.1) is 10.6 Å². The number of benzene rings is 1. The third kappa shape index (κ3) is 2.40. The predicted molar refractivity (Wildman–Crippen MR) is 83.8 cm³/mol. The summed E-state index contributed by atoms with van der Waals surface area (Å²) in [6, 6.07) is 6.59. The highest BCUT2D eigenvalue weighted by Gasteiger charge is 2.48. The molecule has 2 unspecified atom stereocenters. The number of fused-ring (bicyclic) bond motifs is 1. The first-order valence-corrected chi connectivity index (χ1v) is 7.99. The molecule has 0 bridgehead atoms. The monoisotopic (exact) mass is 343 g/mol. The highest BCUT2D eigenvalue weighted by Crippen LogP contribution is 2.38. The Morgan fingerprint density at radius 1 is 1.47 bits per heavy atom. The van der Waals surface area contributed by atoms with Crippen LogP contribution in [-0.2, 0) is 0 Å². The Morgan fingerprint density at radius 2 is 2.32 bits per heavy atom. The zero-order chi connectivity index (χ0) is 13.5. The molecular weight excluding hydrogens is 326 g/mol. The first kappa shape index (κ1) is 13.7. The zero-order valence-electron chi connectivity index (χ0n) is 10.8. The highest BCUT2D eigenvalue weighted by molar-refractivity contribution is 9.10. The van der Waals surface area contributed by atoms with E-state index in [1.165, 1.54) is 19.4 Å². The Labute approximate surface area is 127 Å². The van der Waals surface area contributed by atoms with Crippen LogP contribution in [0.25, 0.3) is 0 Å². The maximum absolute atomic E-state index is 6.17. The second-order valence-corrected chi connectivity index (χ2v) is 6.82. The number of hydrogen-bond donors (Lipinski definition) is 2. The van der Waals surface area contributed by atoms with Crippen molar-refractivity contribution >= 4 is 33.2 Å². The molecular formula is C14H19BrClN3. The van der Waals surface area contributed by atoms with E-state index in [0.29, 0.717) is 12.6 Å². The molecule has 0 aromatic heterocycles. The largest absolute Gasteiger partial charge is 0.377 e. The van der Waals surface area contributed by atoms with E-state index in [1.807, 2.05) is 12.1 Å². The lowest BCUT2D eigenvalue weighted by Crippen LogP contribution is -2.53. The van der Waals surface area contributed by atoms with Crippen LogP contribution in [0.15, 0.2) is 22.7 Å². The predicted octanol–water partition coefficient (Wildman–Crippen LogP) is 3.08. The molecule has 2 heterocycles. The molecule has 2 saturated heterocycles. The lowest BCUT2D eigenvalue weighted by atomic mass is 9.88. The van der Waals surface area contributed by atoms with Gasteiger partial charge in [-0.2, -0.15) is 0 Å². The lowest BCUT2D eigenvalue weighted by Gasteiger charge is -2.36. The minimum atomic E-state index is 0.00760. The normalized spacial score (nSPS) is 30.6. The molecule has 2 atom stereocenters. The number of nitrogens with zero attached hydrogens (tertiary/aromatic N) is 1. The Morgan fingerprint density at radius 3 is 3.05 bits per heavy atom. The number of anilines is 1. The topological polar surface area (TPSA) is 41.3 Å². The van der Waals surface area contributed by atoms with Crippen LogP contribution in [0.5, 0.6) is 0 Å². The van der Waals surface area contributed by atoms with Crippen molar-refractivity contribution in [1.82, 2.24) is 4.90 Å². The van der Waals surface area contributed by atoms with E-state index in [-0.39, 0.29) is 5.54 Å². The number of halogens is 2. The summed E-state index contributed by atoms with van der Waals surface area (Å²) in [5.41, 5.74) is 7.18. The second-order valence-electron chi connectivity index (χ2n) is 5.56. The molecule has 0 aliphatic carbocycles. The highest BCUT2D eigenvalue weighted by atomic mass is 79.9. The van der Waals surface area contributed by atoms with Gasteiger partial charge < -0.3 is 11.1 Å². The average molecular weight is 345 g/mol. The van der Waals surface area contributed by atoms with Gasteiger partial charge in [0.25, 0.3) is 0 Å². The van der Waals surface area contributed by atoms with Crippen LogP contribution in [0.1, 0.15) is 19.3 Å². The molecule has 0 radical (unpaired) electrons. The fourth-order valence-electron chi connectivity index (χ4n) is 3.53. The van der Waals surface area contributed by atoms with Crippen LogP contribution in [-0.4, -0.2) is 36.1 Å². The van der Waals surface area contributed by atoms with E-state index in [4.69, 9.17) is 17.3 Å². The quantitative estimate of drug-likeness (QED) is 0.885. The van der Waals surface area contributed by atoms with Gasteiger partial charge in [-0.05, 0) is 59.9 Å². The van der Waals surface area contributed by atoms with E-state index in [2.05, 4.69) is 32.2 Å². The first-order chi connectivity index (χ1) is 9.14. The molecule has 3 nitrogen and oxygen atoms in total. The summed E-state index contributed by atoms with van der Waals surface area (Å²) in [4.78, 5) is 2.57. The third-order valence-corrected chi connectivity index (χ3v) is 5.76. The smallest absolute Gasteiger partial charge is 0.0662 e. The van der Waals surface area contributed by atoms with Crippen LogP contribution < -0.4 is 11.1 Å². The van der Waals surface area contributed by atoms with Gasteiger partial charge in [-0.15, -0.1) is 0 Å². The molecule has 2 aliphatic heterocycles. The minimum absolute atomic E-state index is 0.00760. The number of nitrogens with one attached hydrogen (secondary N) is 1. The number of hydrogen-bond acceptors (Lipinski definition) is 3. The summed E-state index contributed by atoms with van der Waals surface area (Å²) in [5, 5.41) is 4.41. The van der Waals surface area contributed by atoms with Gasteiger partial charge in [-0.3, -0.25) is 4.90 Å². The van der Waals surface area contributed by atoms with Gasteiger partial charge in [0, 0.05) is 29.3 Å².